The standard InChI is InChI=1S/C21H26N4O3S2/c1-14(26)22-16-8-5-9-17(10-16)24-20(28)13-30-21-25-18(12-29-21)11-19(27)23-15-6-3-2-4-7-15/h5,8-10,12,15H,2-4,6-7,11,13H2,1H3,(H,22,26)(H,23,27)(H,24,28). The SMILES string of the molecule is CC(=O)Nc1cccc(NC(=O)CSc2nc(CC(=O)NC3CCCCC3)cs2)c1. The van der Waals surface area contributed by atoms with E-state index in [9.17, 15) is 14.4 Å². The lowest BCUT2D eigenvalue weighted by atomic mass is 9.95. The summed E-state index contributed by atoms with van der Waals surface area (Å²) >= 11 is 2.78. The molecule has 0 radical (unpaired) electrons. The van der Waals surface area contributed by atoms with Crippen molar-refractivity contribution in [3.8, 4) is 0 Å². The van der Waals surface area contributed by atoms with E-state index in [2.05, 4.69) is 20.9 Å². The van der Waals surface area contributed by atoms with Crippen molar-refractivity contribution in [2.24, 2.45) is 0 Å². The molecule has 0 unspecified atom stereocenters. The predicted octanol–water partition coefficient (Wildman–Crippen LogP) is 3.82. The molecule has 0 bridgehead atoms. The Bertz CT molecular complexity index is 894. The molecule has 1 aliphatic rings. The number of anilines is 2. The molecule has 0 atom stereocenters. The molecule has 7 nitrogen and oxygen atoms in total. The molecule has 9 heteroatoms. The van der Waals surface area contributed by atoms with Crippen LogP contribution in [0.25, 0.3) is 0 Å². The van der Waals surface area contributed by atoms with Crippen LogP contribution in [0.5, 0.6) is 0 Å². The first-order chi connectivity index (χ1) is 14.5. The first-order valence-electron chi connectivity index (χ1n) is 10.0. The zero-order valence-electron chi connectivity index (χ0n) is 16.9. The van der Waals surface area contributed by atoms with E-state index in [4.69, 9.17) is 0 Å². The van der Waals surface area contributed by atoms with Crippen molar-refractivity contribution >= 4 is 52.2 Å². The summed E-state index contributed by atoms with van der Waals surface area (Å²) in [5.74, 6) is -0.0978. The van der Waals surface area contributed by atoms with Gasteiger partial charge in [0.15, 0.2) is 4.34 Å². The van der Waals surface area contributed by atoms with Gasteiger partial charge in [0.05, 0.1) is 17.9 Å². The summed E-state index contributed by atoms with van der Waals surface area (Å²) in [5, 5.41) is 10.5. The lowest BCUT2D eigenvalue weighted by molar-refractivity contribution is -0.121. The number of aromatic nitrogens is 1. The maximum Gasteiger partial charge on any atom is 0.234 e. The highest BCUT2D eigenvalue weighted by molar-refractivity contribution is 8.01. The molecule has 0 spiro atoms. The third-order valence-corrected chi connectivity index (χ3v) is 6.71. The van der Waals surface area contributed by atoms with Gasteiger partial charge in [-0.1, -0.05) is 37.1 Å². The predicted molar refractivity (Wildman–Crippen MR) is 121 cm³/mol. The quantitative estimate of drug-likeness (QED) is 0.535. The van der Waals surface area contributed by atoms with Gasteiger partial charge in [-0.3, -0.25) is 14.4 Å². The number of carbonyl (C=O) groups excluding carboxylic acids is 3. The van der Waals surface area contributed by atoms with Crippen molar-refractivity contribution in [1.29, 1.82) is 0 Å². The number of benzene rings is 1. The van der Waals surface area contributed by atoms with Crippen LogP contribution in [0, 0.1) is 0 Å². The highest BCUT2D eigenvalue weighted by Gasteiger charge is 2.17. The molecule has 160 valence electrons. The second-order valence-electron chi connectivity index (χ2n) is 7.28. The summed E-state index contributed by atoms with van der Waals surface area (Å²) in [6, 6.07) is 7.29. The van der Waals surface area contributed by atoms with E-state index in [1.54, 1.807) is 24.3 Å². The highest BCUT2D eigenvalue weighted by Crippen LogP contribution is 2.24. The van der Waals surface area contributed by atoms with Gasteiger partial charge in [0.25, 0.3) is 0 Å². The van der Waals surface area contributed by atoms with Crippen LogP contribution in [0.15, 0.2) is 34.0 Å². The fourth-order valence-corrected chi connectivity index (χ4v) is 4.97. The summed E-state index contributed by atoms with van der Waals surface area (Å²) in [5.41, 5.74) is 1.98. The molecular weight excluding hydrogens is 420 g/mol. The van der Waals surface area contributed by atoms with Gasteiger partial charge in [-0.25, -0.2) is 4.98 Å². The molecule has 3 rings (SSSR count). The number of amides is 3. The summed E-state index contributed by atoms with van der Waals surface area (Å²) in [6.45, 7) is 1.43. The van der Waals surface area contributed by atoms with Crippen molar-refractivity contribution < 1.29 is 14.4 Å². The number of nitrogens with one attached hydrogen (secondary N) is 3. The van der Waals surface area contributed by atoms with Gasteiger partial charge in [0, 0.05) is 29.7 Å². The van der Waals surface area contributed by atoms with Gasteiger partial charge in [-0.05, 0) is 31.0 Å². The van der Waals surface area contributed by atoms with Gasteiger partial charge >= 0.3 is 0 Å². The molecule has 3 N–H and O–H groups in total. The highest BCUT2D eigenvalue weighted by atomic mass is 32.2. The van der Waals surface area contributed by atoms with Gasteiger partial charge in [0.1, 0.15) is 0 Å². The smallest absolute Gasteiger partial charge is 0.234 e. The zero-order valence-corrected chi connectivity index (χ0v) is 18.5. The molecule has 0 aliphatic heterocycles. The number of thiazole rings is 1. The third-order valence-electron chi connectivity index (χ3n) is 4.64. The number of hydrogen-bond acceptors (Lipinski definition) is 6. The van der Waals surface area contributed by atoms with Crippen molar-refractivity contribution in [2.45, 2.75) is 55.8 Å². The Kier molecular flexibility index (Phi) is 8.27. The molecule has 1 aliphatic carbocycles. The van der Waals surface area contributed by atoms with E-state index in [-0.39, 0.29) is 29.9 Å². The van der Waals surface area contributed by atoms with Crippen LogP contribution in [-0.2, 0) is 20.8 Å². The van der Waals surface area contributed by atoms with Gasteiger partial charge in [-0.2, -0.15) is 0 Å². The molecule has 1 fully saturated rings. The van der Waals surface area contributed by atoms with Gasteiger partial charge in [0.2, 0.25) is 17.7 Å². The Morgan fingerprint density at radius 1 is 1.10 bits per heavy atom. The van der Waals surface area contributed by atoms with Crippen molar-refractivity contribution in [2.75, 3.05) is 16.4 Å². The first kappa shape index (κ1) is 22.3. The Morgan fingerprint density at radius 3 is 2.57 bits per heavy atom. The summed E-state index contributed by atoms with van der Waals surface area (Å²) in [6.07, 6.45) is 6.02. The molecule has 3 amide bonds. The normalized spacial score (nSPS) is 14.2. The van der Waals surface area contributed by atoms with E-state index in [1.807, 2.05) is 5.38 Å². The fraction of sp³-hybridized carbons (Fsp3) is 0.429. The molecule has 2 aromatic rings. The molecule has 0 saturated heterocycles. The summed E-state index contributed by atoms with van der Waals surface area (Å²) in [7, 11) is 0. The minimum atomic E-state index is -0.166. The average molecular weight is 447 g/mol. The average Bonchev–Trinajstić information content (AvgIpc) is 3.14. The maximum atomic E-state index is 12.2. The minimum absolute atomic E-state index is 0.0144. The lowest BCUT2D eigenvalue weighted by Gasteiger charge is -2.22. The number of thioether (sulfide) groups is 1. The van der Waals surface area contributed by atoms with E-state index in [0.29, 0.717) is 17.4 Å². The number of nitrogens with zero attached hydrogens (tertiary/aromatic N) is 1. The molecular formula is C21H26N4O3S2. The molecule has 1 saturated carbocycles. The van der Waals surface area contributed by atoms with Crippen molar-refractivity contribution in [1.82, 2.24) is 10.3 Å². The Morgan fingerprint density at radius 2 is 1.83 bits per heavy atom. The van der Waals surface area contributed by atoms with Crippen LogP contribution >= 0.6 is 23.1 Å². The maximum absolute atomic E-state index is 12.2. The summed E-state index contributed by atoms with van der Waals surface area (Å²) in [4.78, 5) is 40.0. The molecule has 30 heavy (non-hydrogen) atoms. The van der Waals surface area contributed by atoms with Gasteiger partial charge in [-0.15, -0.1) is 11.3 Å². The van der Waals surface area contributed by atoms with Crippen LogP contribution in [0.3, 0.4) is 0 Å². The second-order valence-corrected chi connectivity index (χ2v) is 9.36. The van der Waals surface area contributed by atoms with E-state index in [1.165, 1.54) is 49.3 Å². The van der Waals surface area contributed by atoms with Crippen LogP contribution in [0.4, 0.5) is 11.4 Å². The molecule has 1 aromatic heterocycles. The Balaban J connectivity index is 1.42. The van der Waals surface area contributed by atoms with Crippen molar-refractivity contribution in [3.63, 3.8) is 0 Å². The zero-order chi connectivity index (χ0) is 21.3. The van der Waals surface area contributed by atoms with Gasteiger partial charge < -0.3 is 16.0 Å². The Labute approximate surface area is 184 Å². The lowest BCUT2D eigenvalue weighted by Crippen LogP contribution is -2.37. The number of rotatable bonds is 8. The van der Waals surface area contributed by atoms with Crippen LogP contribution < -0.4 is 16.0 Å². The molecule has 1 aromatic carbocycles. The first-order valence-corrected chi connectivity index (χ1v) is 11.9. The number of carbonyl (C=O) groups is 3. The third kappa shape index (κ3) is 7.46. The minimum Gasteiger partial charge on any atom is -0.353 e. The monoisotopic (exact) mass is 446 g/mol. The van der Waals surface area contributed by atoms with E-state index >= 15 is 0 Å². The number of hydrogen-bond donors (Lipinski definition) is 3. The Hall–Kier alpha value is -2.39. The van der Waals surface area contributed by atoms with Crippen LogP contribution in [0.2, 0.25) is 0 Å². The summed E-state index contributed by atoms with van der Waals surface area (Å²) < 4.78 is 0.762. The van der Waals surface area contributed by atoms with Crippen LogP contribution in [-0.4, -0.2) is 34.5 Å². The second kappa shape index (κ2) is 11.1. The topological polar surface area (TPSA) is 100 Å². The molecule has 1 heterocycles. The van der Waals surface area contributed by atoms with E-state index < -0.39 is 0 Å². The van der Waals surface area contributed by atoms with Crippen molar-refractivity contribution in [3.05, 3.63) is 35.3 Å². The fourth-order valence-electron chi connectivity index (χ4n) is 3.33. The van der Waals surface area contributed by atoms with Crippen LogP contribution in [0.1, 0.15) is 44.7 Å². The van der Waals surface area contributed by atoms with E-state index in [0.717, 1.165) is 22.9 Å². The largest absolute Gasteiger partial charge is 0.353 e.